The first-order chi connectivity index (χ1) is 19.2. The molecule has 3 aromatic rings. The highest BCUT2D eigenvalue weighted by Crippen LogP contribution is 2.27. The second-order valence-corrected chi connectivity index (χ2v) is 10.5. The summed E-state index contributed by atoms with van der Waals surface area (Å²) < 4.78 is 39.7. The summed E-state index contributed by atoms with van der Waals surface area (Å²) in [6.45, 7) is 1.27. The van der Waals surface area contributed by atoms with Gasteiger partial charge in [0.05, 0.1) is 12.5 Å². The molecular formula is C26H29N5O8S. The predicted octanol–water partition coefficient (Wildman–Crippen LogP) is 2.11. The molecule has 4 rings (SSSR count). The van der Waals surface area contributed by atoms with Crippen molar-refractivity contribution in [3.63, 3.8) is 0 Å². The van der Waals surface area contributed by atoms with Crippen molar-refractivity contribution in [3.05, 3.63) is 71.5 Å². The summed E-state index contributed by atoms with van der Waals surface area (Å²) in [5.74, 6) is -0.968. The molecule has 0 saturated heterocycles. The van der Waals surface area contributed by atoms with Gasteiger partial charge in [0, 0.05) is 24.9 Å². The summed E-state index contributed by atoms with van der Waals surface area (Å²) in [5, 5.41) is 15.7. The Bertz CT molecular complexity index is 1500. The largest absolute Gasteiger partial charge is 0.481 e. The second kappa shape index (κ2) is 13.1. The Kier molecular flexibility index (Phi) is 9.35. The first kappa shape index (κ1) is 28.6. The highest BCUT2D eigenvalue weighted by Gasteiger charge is 2.27. The summed E-state index contributed by atoms with van der Waals surface area (Å²) in [7, 11) is -4.51. The normalized spacial score (nSPS) is 14.1. The van der Waals surface area contributed by atoms with Crippen molar-refractivity contribution in [2.75, 3.05) is 13.1 Å². The number of carbonyl (C=O) groups is 3. The minimum absolute atomic E-state index is 0.0386. The third kappa shape index (κ3) is 8.54. The van der Waals surface area contributed by atoms with Crippen LogP contribution in [0, 0.1) is 0 Å². The number of amides is 2. The van der Waals surface area contributed by atoms with E-state index in [1.54, 1.807) is 53.3 Å². The topological polar surface area (TPSA) is 188 Å². The molecule has 0 saturated carbocycles. The first-order valence-electron chi connectivity index (χ1n) is 12.5. The molecule has 2 heterocycles. The van der Waals surface area contributed by atoms with Crippen LogP contribution in [-0.4, -0.2) is 50.5 Å². The zero-order valence-corrected chi connectivity index (χ0v) is 22.2. The van der Waals surface area contributed by atoms with Crippen molar-refractivity contribution in [2.24, 2.45) is 4.99 Å². The molecule has 40 heavy (non-hydrogen) atoms. The first-order valence-corrected chi connectivity index (χ1v) is 14.0. The number of aliphatic carboxylic acids is 1. The monoisotopic (exact) mass is 571 g/mol. The molecule has 0 bridgehead atoms. The molecule has 2 aromatic carbocycles. The maximum atomic E-state index is 12.6. The number of aliphatic imine (C=N–C) groups is 1. The van der Waals surface area contributed by atoms with E-state index < -0.39 is 34.7 Å². The summed E-state index contributed by atoms with van der Waals surface area (Å²) in [6.07, 6.45) is -0.320. The van der Waals surface area contributed by atoms with E-state index in [9.17, 15) is 27.9 Å². The van der Waals surface area contributed by atoms with Gasteiger partial charge in [0.2, 0.25) is 5.91 Å². The number of hydrogen-bond donors (Lipinski definition) is 5. The second-order valence-electron chi connectivity index (χ2n) is 9.02. The van der Waals surface area contributed by atoms with Crippen LogP contribution in [0.15, 0.2) is 64.0 Å². The van der Waals surface area contributed by atoms with Gasteiger partial charge in [-0.15, -0.1) is 0 Å². The van der Waals surface area contributed by atoms with E-state index in [4.69, 9.17) is 9.15 Å². The SMILES string of the molecule is O=C(O)CC(NS(=O)(=O)NC(=O)OCc1ccccc1)c1cc2cc(CCC(=O)NC3=NCCCN3)ccc2o1. The average molecular weight is 572 g/mol. The van der Waals surface area contributed by atoms with Gasteiger partial charge in [-0.1, -0.05) is 36.4 Å². The third-order valence-electron chi connectivity index (χ3n) is 5.85. The van der Waals surface area contributed by atoms with E-state index in [0.29, 0.717) is 35.5 Å². The summed E-state index contributed by atoms with van der Waals surface area (Å²) in [6, 6.07) is 14.1. The lowest BCUT2D eigenvalue weighted by Gasteiger charge is -2.15. The van der Waals surface area contributed by atoms with Crippen LogP contribution in [0.3, 0.4) is 0 Å². The van der Waals surface area contributed by atoms with Crippen LogP contribution in [-0.2, 0) is 37.6 Å². The van der Waals surface area contributed by atoms with Gasteiger partial charge in [0.25, 0.3) is 0 Å². The van der Waals surface area contributed by atoms with Crippen molar-refractivity contribution in [1.29, 1.82) is 0 Å². The lowest BCUT2D eigenvalue weighted by molar-refractivity contribution is -0.137. The predicted molar refractivity (Wildman–Crippen MR) is 144 cm³/mol. The summed E-state index contributed by atoms with van der Waals surface area (Å²) in [4.78, 5) is 40.0. The zero-order chi connectivity index (χ0) is 28.5. The number of nitrogens with zero attached hydrogens (tertiary/aromatic N) is 1. The lowest BCUT2D eigenvalue weighted by atomic mass is 10.1. The Labute approximate surface area is 230 Å². The minimum atomic E-state index is -4.51. The van der Waals surface area contributed by atoms with Crippen LogP contribution < -0.4 is 20.1 Å². The minimum Gasteiger partial charge on any atom is -0.481 e. The fourth-order valence-corrected chi connectivity index (χ4v) is 4.87. The fraction of sp³-hybridized carbons (Fsp3) is 0.308. The van der Waals surface area contributed by atoms with Crippen molar-refractivity contribution < 1.29 is 37.1 Å². The molecule has 0 fully saturated rings. The Morgan fingerprint density at radius 2 is 1.90 bits per heavy atom. The smallest absolute Gasteiger partial charge is 0.422 e. The van der Waals surface area contributed by atoms with Gasteiger partial charge in [-0.3, -0.25) is 19.9 Å². The molecule has 1 unspecified atom stereocenters. The van der Waals surface area contributed by atoms with Gasteiger partial charge in [-0.2, -0.15) is 13.1 Å². The Morgan fingerprint density at radius 3 is 2.62 bits per heavy atom. The van der Waals surface area contributed by atoms with Gasteiger partial charge < -0.3 is 19.6 Å². The number of aryl methyl sites for hydroxylation is 1. The standard InChI is InChI=1S/C26H29N5O8S/c32-23(29-25-27-11-4-12-28-25)10-8-17-7-9-21-19(13-17)14-22(39-21)20(15-24(33)34)30-40(36,37)31-26(35)38-16-18-5-2-1-3-6-18/h1-3,5-7,9,13-14,20,30H,4,8,10-12,15-16H2,(H,31,35)(H,33,34)(H2,27,28,29,32). The van der Waals surface area contributed by atoms with Crippen molar-refractivity contribution >= 4 is 45.1 Å². The molecule has 0 radical (unpaired) electrons. The fourth-order valence-electron chi connectivity index (χ4n) is 3.96. The van der Waals surface area contributed by atoms with Gasteiger partial charge in [0.15, 0.2) is 5.96 Å². The Morgan fingerprint density at radius 1 is 1.10 bits per heavy atom. The molecule has 212 valence electrons. The quantitative estimate of drug-likeness (QED) is 0.230. The maximum Gasteiger partial charge on any atom is 0.422 e. The highest BCUT2D eigenvalue weighted by atomic mass is 32.2. The van der Waals surface area contributed by atoms with E-state index in [-0.39, 0.29) is 24.7 Å². The van der Waals surface area contributed by atoms with Crippen LogP contribution in [0.1, 0.15) is 42.2 Å². The molecule has 1 aliphatic heterocycles. The number of rotatable bonds is 11. The highest BCUT2D eigenvalue weighted by molar-refractivity contribution is 7.88. The van der Waals surface area contributed by atoms with Crippen LogP contribution in [0.25, 0.3) is 11.0 Å². The number of guanidine groups is 1. The molecule has 0 aliphatic carbocycles. The zero-order valence-electron chi connectivity index (χ0n) is 21.4. The molecule has 13 nitrogen and oxygen atoms in total. The molecule has 0 spiro atoms. The van der Waals surface area contributed by atoms with Gasteiger partial charge in [-0.25, -0.2) is 9.52 Å². The third-order valence-corrected chi connectivity index (χ3v) is 6.88. The Balaban J connectivity index is 1.39. The molecule has 1 aromatic heterocycles. The Hall–Kier alpha value is -4.43. The van der Waals surface area contributed by atoms with E-state index in [1.807, 2.05) is 0 Å². The van der Waals surface area contributed by atoms with Gasteiger partial charge in [0.1, 0.15) is 18.0 Å². The van der Waals surface area contributed by atoms with Gasteiger partial charge in [-0.05, 0) is 42.2 Å². The number of nitrogens with one attached hydrogen (secondary N) is 4. The lowest BCUT2D eigenvalue weighted by Crippen LogP contribution is -2.43. The van der Waals surface area contributed by atoms with Crippen molar-refractivity contribution in [2.45, 2.75) is 38.3 Å². The van der Waals surface area contributed by atoms with E-state index in [2.05, 4.69) is 20.3 Å². The number of ether oxygens (including phenoxy) is 1. The van der Waals surface area contributed by atoms with Crippen LogP contribution in [0.2, 0.25) is 0 Å². The van der Waals surface area contributed by atoms with Crippen LogP contribution in [0.5, 0.6) is 0 Å². The van der Waals surface area contributed by atoms with Crippen LogP contribution >= 0.6 is 0 Å². The van der Waals surface area contributed by atoms with Crippen molar-refractivity contribution in [3.8, 4) is 0 Å². The summed E-state index contributed by atoms with van der Waals surface area (Å²) in [5.41, 5.74) is 1.88. The molecule has 5 N–H and O–H groups in total. The molecule has 2 amide bonds. The van der Waals surface area contributed by atoms with E-state index in [1.165, 1.54) is 6.07 Å². The number of carboxylic acid groups (broad SMARTS) is 1. The number of carboxylic acids is 1. The molecular weight excluding hydrogens is 542 g/mol. The number of furan rings is 1. The number of fused-ring (bicyclic) bond motifs is 1. The number of carbonyl (C=O) groups excluding carboxylic acids is 2. The van der Waals surface area contributed by atoms with E-state index >= 15 is 0 Å². The van der Waals surface area contributed by atoms with E-state index in [0.717, 1.165) is 18.5 Å². The molecule has 1 atom stereocenters. The number of benzene rings is 2. The molecule has 1 aliphatic rings. The number of hydrogen-bond acceptors (Lipinski definition) is 9. The van der Waals surface area contributed by atoms with Crippen molar-refractivity contribution in [1.82, 2.24) is 20.1 Å². The van der Waals surface area contributed by atoms with Gasteiger partial charge >= 0.3 is 22.3 Å². The molecule has 14 heteroatoms. The van der Waals surface area contributed by atoms with Crippen LogP contribution in [0.4, 0.5) is 4.79 Å². The average Bonchev–Trinajstić information content (AvgIpc) is 3.34. The summed E-state index contributed by atoms with van der Waals surface area (Å²) >= 11 is 0. The maximum absolute atomic E-state index is 12.6.